The predicted octanol–water partition coefficient (Wildman–Crippen LogP) is 3.66. The van der Waals surface area contributed by atoms with E-state index in [9.17, 15) is 13.2 Å². The van der Waals surface area contributed by atoms with Gasteiger partial charge in [-0.25, -0.2) is 8.42 Å². The van der Waals surface area contributed by atoms with E-state index in [0.29, 0.717) is 22.1 Å². The van der Waals surface area contributed by atoms with Gasteiger partial charge in [0.25, 0.3) is 5.91 Å². The zero-order valence-corrected chi connectivity index (χ0v) is 16.5. The number of hydrogen-bond acceptors (Lipinski definition) is 4. The Morgan fingerprint density at radius 2 is 1.89 bits per heavy atom. The summed E-state index contributed by atoms with van der Waals surface area (Å²) in [7, 11) is -3.62. The minimum Gasteiger partial charge on any atom is -0.476 e. The van der Waals surface area contributed by atoms with Crippen LogP contribution in [0.1, 0.15) is 0 Å². The maximum absolute atomic E-state index is 12.9. The fraction of sp³-hybridized carbons (Fsp3) is 0.150. The molecule has 0 aromatic heterocycles. The molecule has 0 saturated heterocycles. The van der Waals surface area contributed by atoms with Gasteiger partial charge in [-0.05, 0) is 29.7 Å². The molecule has 144 valence electrons. The highest BCUT2D eigenvalue weighted by atomic mass is 35.5. The van der Waals surface area contributed by atoms with Crippen molar-refractivity contribution in [1.29, 1.82) is 0 Å². The van der Waals surface area contributed by atoms with Crippen molar-refractivity contribution in [1.82, 2.24) is 0 Å². The standard InChI is InChI=1S/C20H17ClN2O4S/c1-28(25,26)23-12-19(27-18-10-9-14(21)11-17(18)23)20(24)22-16-8-4-6-13-5-2-3-7-15(13)16/h2-11,19H,12H2,1H3,(H,22,24)/t19-/m0/s1. The SMILES string of the molecule is CS(=O)(=O)N1C[C@@H](C(=O)Nc2cccc3ccccc23)Oc2ccc(Cl)cc21. The fourth-order valence-electron chi connectivity index (χ4n) is 3.22. The molecule has 1 N–H and O–H groups in total. The molecule has 0 radical (unpaired) electrons. The highest BCUT2D eigenvalue weighted by molar-refractivity contribution is 7.92. The van der Waals surface area contributed by atoms with Crippen molar-refractivity contribution in [3.05, 3.63) is 65.7 Å². The first-order chi connectivity index (χ1) is 13.3. The van der Waals surface area contributed by atoms with Crippen molar-refractivity contribution in [3.8, 4) is 5.75 Å². The number of carbonyl (C=O) groups excluding carboxylic acids is 1. The molecule has 0 saturated carbocycles. The lowest BCUT2D eigenvalue weighted by Crippen LogP contribution is -2.48. The molecular weight excluding hydrogens is 400 g/mol. The Balaban J connectivity index is 1.66. The molecule has 0 aliphatic carbocycles. The summed E-state index contributed by atoms with van der Waals surface area (Å²) in [5, 5.41) is 5.12. The molecular formula is C20H17ClN2O4S. The average Bonchev–Trinajstić information content (AvgIpc) is 2.66. The van der Waals surface area contributed by atoms with Crippen LogP contribution in [0.5, 0.6) is 5.75 Å². The average molecular weight is 417 g/mol. The maximum atomic E-state index is 12.9. The number of ether oxygens (including phenoxy) is 1. The van der Waals surface area contributed by atoms with Crippen LogP contribution in [0, 0.1) is 0 Å². The number of carbonyl (C=O) groups is 1. The van der Waals surface area contributed by atoms with Crippen molar-refractivity contribution in [2.75, 3.05) is 22.4 Å². The van der Waals surface area contributed by atoms with Crippen molar-refractivity contribution in [2.45, 2.75) is 6.10 Å². The van der Waals surface area contributed by atoms with E-state index in [1.807, 2.05) is 36.4 Å². The Morgan fingerprint density at radius 3 is 2.68 bits per heavy atom. The number of fused-ring (bicyclic) bond motifs is 2. The number of amides is 1. The number of sulfonamides is 1. The van der Waals surface area contributed by atoms with Crippen LogP contribution in [0.3, 0.4) is 0 Å². The Morgan fingerprint density at radius 1 is 1.14 bits per heavy atom. The first-order valence-electron chi connectivity index (χ1n) is 8.55. The van der Waals surface area contributed by atoms with Crippen LogP contribution < -0.4 is 14.4 Å². The number of halogens is 1. The van der Waals surface area contributed by atoms with E-state index in [4.69, 9.17) is 16.3 Å². The molecule has 1 aliphatic heterocycles. The highest BCUT2D eigenvalue weighted by Crippen LogP contribution is 2.37. The van der Waals surface area contributed by atoms with Gasteiger partial charge in [-0.15, -0.1) is 0 Å². The smallest absolute Gasteiger partial charge is 0.267 e. The Bertz CT molecular complexity index is 1170. The summed E-state index contributed by atoms with van der Waals surface area (Å²) in [4.78, 5) is 12.9. The van der Waals surface area contributed by atoms with Gasteiger partial charge < -0.3 is 10.1 Å². The summed E-state index contributed by atoms with van der Waals surface area (Å²) in [5.74, 6) is -0.134. The van der Waals surface area contributed by atoms with Crippen LogP contribution in [0.4, 0.5) is 11.4 Å². The largest absolute Gasteiger partial charge is 0.476 e. The molecule has 1 aliphatic rings. The predicted molar refractivity (Wildman–Crippen MR) is 111 cm³/mol. The summed E-state index contributed by atoms with van der Waals surface area (Å²) < 4.78 is 31.4. The Hall–Kier alpha value is -2.77. The quantitative estimate of drug-likeness (QED) is 0.707. The maximum Gasteiger partial charge on any atom is 0.267 e. The Labute approximate surface area is 167 Å². The zero-order valence-electron chi connectivity index (χ0n) is 14.9. The molecule has 1 atom stereocenters. The third kappa shape index (κ3) is 3.50. The van der Waals surface area contributed by atoms with Gasteiger partial charge in [0.05, 0.1) is 18.5 Å². The molecule has 1 heterocycles. The summed E-state index contributed by atoms with van der Waals surface area (Å²) in [6.07, 6.45) is 0.0882. The molecule has 4 rings (SSSR count). The molecule has 0 spiro atoms. The van der Waals surface area contributed by atoms with E-state index in [1.165, 1.54) is 6.07 Å². The number of rotatable bonds is 3. The van der Waals surface area contributed by atoms with Crippen molar-refractivity contribution < 1.29 is 17.9 Å². The van der Waals surface area contributed by atoms with Crippen molar-refractivity contribution in [2.24, 2.45) is 0 Å². The number of anilines is 2. The van der Waals surface area contributed by atoms with Gasteiger partial charge in [0.15, 0.2) is 6.10 Å². The first-order valence-corrected chi connectivity index (χ1v) is 10.8. The topological polar surface area (TPSA) is 75.7 Å². The molecule has 8 heteroatoms. The summed E-state index contributed by atoms with van der Waals surface area (Å²) in [6.45, 7) is -0.136. The molecule has 1 amide bonds. The van der Waals surface area contributed by atoms with E-state index in [1.54, 1.807) is 18.2 Å². The molecule has 6 nitrogen and oxygen atoms in total. The van der Waals surface area contributed by atoms with Crippen LogP contribution >= 0.6 is 11.6 Å². The number of nitrogens with one attached hydrogen (secondary N) is 1. The van der Waals surface area contributed by atoms with Crippen molar-refractivity contribution >= 4 is 49.7 Å². The van der Waals surface area contributed by atoms with Gasteiger partial charge in [0, 0.05) is 16.1 Å². The van der Waals surface area contributed by atoms with E-state index in [2.05, 4.69) is 5.32 Å². The molecule has 28 heavy (non-hydrogen) atoms. The second kappa shape index (κ2) is 7.00. The van der Waals surface area contributed by atoms with Gasteiger partial charge in [0.2, 0.25) is 10.0 Å². The minimum absolute atomic E-state index is 0.136. The monoisotopic (exact) mass is 416 g/mol. The van der Waals surface area contributed by atoms with Gasteiger partial charge in [-0.2, -0.15) is 0 Å². The lowest BCUT2D eigenvalue weighted by atomic mass is 10.1. The second-order valence-electron chi connectivity index (χ2n) is 6.53. The lowest BCUT2D eigenvalue weighted by Gasteiger charge is -2.34. The van der Waals surface area contributed by atoms with Gasteiger partial charge >= 0.3 is 0 Å². The van der Waals surface area contributed by atoms with E-state index >= 15 is 0 Å². The molecule has 0 unspecified atom stereocenters. The number of hydrogen-bond donors (Lipinski definition) is 1. The molecule has 3 aromatic carbocycles. The first kappa shape index (κ1) is 18.6. The fourth-order valence-corrected chi connectivity index (χ4v) is 4.30. The van der Waals surface area contributed by atoms with Crippen LogP contribution in [0.25, 0.3) is 10.8 Å². The zero-order chi connectivity index (χ0) is 19.9. The van der Waals surface area contributed by atoms with Gasteiger partial charge in [-0.1, -0.05) is 48.0 Å². The normalized spacial score (nSPS) is 16.4. The summed E-state index contributed by atoms with van der Waals surface area (Å²) in [6, 6.07) is 17.9. The summed E-state index contributed by atoms with van der Waals surface area (Å²) >= 11 is 6.00. The Kier molecular flexibility index (Phi) is 4.64. The van der Waals surface area contributed by atoms with E-state index in [-0.39, 0.29) is 6.54 Å². The molecule has 0 fully saturated rings. The van der Waals surface area contributed by atoms with E-state index in [0.717, 1.165) is 21.3 Å². The second-order valence-corrected chi connectivity index (χ2v) is 8.87. The third-order valence-corrected chi connectivity index (χ3v) is 5.91. The van der Waals surface area contributed by atoms with E-state index < -0.39 is 22.0 Å². The highest BCUT2D eigenvalue weighted by Gasteiger charge is 2.35. The van der Waals surface area contributed by atoms with Crippen LogP contribution in [0.2, 0.25) is 5.02 Å². The lowest BCUT2D eigenvalue weighted by molar-refractivity contribution is -0.122. The third-order valence-electron chi connectivity index (χ3n) is 4.53. The van der Waals surface area contributed by atoms with Crippen LogP contribution in [-0.4, -0.2) is 33.2 Å². The number of benzene rings is 3. The minimum atomic E-state index is -3.62. The van der Waals surface area contributed by atoms with Crippen LogP contribution in [0.15, 0.2) is 60.7 Å². The van der Waals surface area contributed by atoms with Gasteiger partial charge in [0.1, 0.15) is 5.75 Å². The number of nitrogens with zero attached hydrogens (tertiary/aromatic N) is 1. The van der Waals surface area contributed by atoms with Gasteiger partial charge in [-0.3, -0.25) is 9.10 Å². The summed E-state index contributed by atoms with van der Waals surface area (Å²) in [5.41, 5.74) is 0.962. The molecule has 0 bridgehead atoms. The molecule has 3 aromatic rings. The van der Waals surface area contributed by atoms with Crippen molar-refractivity contribution in [3.63, 3.8) is 0 Å². The van der Waals surface area contributed by atoms with Crippen LogP contribution in [-0.2, 0) is 14.8 Å².